The van der Waals surface area contributed by atoms with Crippen molar-refractivity contribution in [2.75, 3.05) is 5.73 Å². The molecule has 0 saturated carbocycles. The molecule has 0 bridgehead atoms. The van der Waals surface area contributed by atoms with Crippen molar-refractivity contribution in [3.63, 3.8) is 0 Å². The van der Waals surface area contributed by atoms with Crippen LogP contribution in [0.4, 0.5) is 5.82 Å². The van der Waals surface area contributed by atoms with Crippen molar-refractivity contribution in [3.05, 3.63) is 46.6 Å². The van der Waals surface area contributed by atoms with Gasteiger partial charge in [-0.2, -0.15) is 5.10 Å². The van der Waals surface area contributed by atoms with Gasteiger partial charge in [0.1, 0.15) is 5.82 Å². The summed E-state index contributed by atoms with van der Waals surface area (Å²) in [5.74, 6) is -0.554. The van der Waals surface area contributed by atoms with Gasteiger partial charge in [0.15, 0.2) is 0 Å². The lowest BCUT2D eigenvalue weighted by Crippen LogP contribution is -2.08. The van der Waals surface area contributed by atoms with Gasteiger partial charge in [0.05, 0.1) is 19.2 Å². The second-order valence-electron chi connectivity index (χ2n) is 3.91. The predicted octanol–water partition coefficient (Wildman–Crippen LogP) is 1.79. The van der Waals surface area contributed by atoms with Crippen LogP contribution in [0.2, 0.25) is 5.02 Å². The summed E-state index contributed by atoms with van der Waals surface area (Å²) in [4.78, 5) is 10.6. The second-order valence-corrected chi connectivity index (χ2v) is 4.35. The van der Waals surface area contributed by atoms with E-state index in [1.807, 2.05) is 18.2 Å². The summed E-state index contributed by atoms with van der Waals surface area (Å²) in [6.07, 6.45) is 1.36. The molecule has 0 radical (unpaired) electrons. The third-order valence-corrected chi connectivity index (χ3v) is 2.76. The van der Waals surface area contributed by atoms with E-state index in [1.54, 1.807) is 10.7 Å². The van der Waals surface area contributed by atoms with Crippen LogP contribution in [0.1, 0.15) is 11.1 Å². The van der Waals surface area contributed by atoms with Crippen molar-refractivity contribution in [2.45, 2.75) is 13.0 Å². The quantitative estimate of drug-likeness (QED) is 0.883. The zero-order chi connectivity index (χ0) is 13.1. The third-order valence-electron chi connectivity index (χ3n) is 2.52. The molecule has 6 heteroatoms. The van der Waals surface area contributed by atoms with Gasteiger partial charge in [-0.05, 0) is 17.7 Å². The molecule has 1 heterocycles. The molecule has 0 unspecified atom stereocenters. The van der Waals surface area contributed by atoms with E-state index in [4.69, 9.17) is 22.4 Å². The average molecular weight is 266 g/mol. The van der Waals surface area contributed by atoms with Crippen molar-refractivity contribution >= 4 is 23.4 Å². The standard InChI is InChI=1S/C12H12ClN3O2/c13-10-3-1-2-8(4-10)7-16-12(14)9(6-15-16)5-11(17)18/h1-4,6H,5,7,14H2,(H,17,18). The number of anilines is 1. The minimum absolute atomic E-state index is 0.124. The highest BCUT2D eigenvalue weighted by Gasteiger charge is 2.10. The third kappa shape index (κ3) is 2.81. The van der Waals surface area contributed by atoms with Gasteiger partial charge in [-0.25, -0.2) is 4.68 Å². The Hall–Kier alpha value is -2.01. The van der Waals surface area contributed by atoms with Crippen LogP contribution in [-0.4, -0.2) is 20.9 Å². The number of nitrogens with two attached hydrogens (primary N) is 1. The van der Waals surface area contributed by atoms with E-state index >= 15 is 0 Å². The van der Waals surface area contributed by atoms with E-state index in [9.17, 15) is 4.79 Å². The Morgan fingerprint density at radius 2 is 2.28 bits per heavy atom. The molecule has 1 aromatic heterocycles. The van der Waals surface area contributed by atoms with E-state index < -0.39 is 5.97 Å². The maximum Gasteiger partial charge on any atom is 0.308 e. The lowest BCUT2D eigenvalue weighted by molar-refractivity contribution is -0.136. The van der Waals surface area contributed by atoms with Crippen molar-refractivity contribution in [1.82, 2.24) is 9.78 Å². The number of nitrogens with zero attached hydrogens (tertiary/aromatic N) is 2. The number of hydrogen-bond acceptors (Lipinski definition) is 3. The van der Waals surface area contributed by atoms with E-state index in [0.717, 1.165) is 5.56 Å². The lowest BCUT2D eigenvalue weighted by atomic mass is 10.2. The van der Waals surface area contributed by atoms with E-state index in [0.29, 0.717) is 22.9 Å². The summed E-state index contributed by atoms with van der Waals surface area (Å²) in [7, 11) is 0. The smallest absolute Gasteiger partial charge is 0.308 e. The Morgan fingerprint density at radius 3 is 2.94 bits per heavy atom. The van der Waals surface area contributed by atoms with Gasteiger partial charge in [-0.3, -0.25) is 4.79 Å². The Kier molecular flexibility index (Phi) is 3.53. The molecule has 0 spiro atoms. The van der Waals surface area contributed by atoms with Crippen molar-refractivity contribution < 1.29 is 9.90 Å². The first-order chi connectivity index (χ1) is 8.56. The zero-order valence-corrected chi connectivity index (χ0v) is 10.3. The van der Waals surface area contributed by atoms with Crippen LogP contribution in [0, 0.1) is 0 Å². The first-order valence-corrected chi connectivity index (χ1v) is 5.70. The number of rotatable bonds is 4. The summed E-state index contributed by atoms with van der Waals surface area (Å²) in [5, 5.41) is 13.4. The Bertz CT molecular complexity index is 580. The summed E-state index contributed by atoms with van der Waals surface area (Å²) < 4.78 is 1.56. The van der Waals surface area contributed by atoms with E-state index in [-0.39, 0.29) is 6.42 Å². The molecule has 5 nitrogen and oxygen atoms in total. The number of carboxylic acid groups (broad SMARTS) is 1. The van der Waals surface area contributed by atoms with Crippen LogP contribution in [0.15, 0.2) is 30.5 Å². The van der Waals surface area contributed by atoms with Crippen LogP contribution in [0.5, 0.6) is 0 Å². The molecule has 3 N–H and O–H groups in total. The molecule has 94 valence electrons. The molecule has 0 amide bonds. The molecule has 0 fully saturated rings. The summed E-state index contributed by atoms with van der Waals surface area (Å²) >= 11 is 5.89. The van der Waals surface area contributed by atoms with Crippen molar-refractivity contribution in [1.29, 1.82) is 0 Å². The topological polar surface area (TPSA) is 81.1 Å². The van der Waals surface area contributed by atoms with E-state index in [1.165, 1.54) is 6.20 Å². The number of carboxylic acids is 1. The van der Waals surface area contributed by atoms with Crippen LogP contribution >= 0.6 is 11.6 Å². The summed E-state index contributed by atoms with van der Waals surface area (Å²) in [6.45, 7) is 0.464. The summed E-state index contributed by atoms with van der Waals surface area (Å²) in [5.41, 5.74) is 7.32. The van der Waals surface area contributed by atoms with Crippen LogP contribution < -0.4 is 5.73 Å². The molecule has 2 rings (SSSR count). The fourth-order valence-corrected chi connectivity index (χ4v) is 1.88. The molecule has 0 aliphatic rings. The molecule has 0 aliphatic heterocycles. The maximum atomic E-state index is 10.6. The van der Waals surface area contributed by atoms with Gasteiger partial charge in [-0.1, -0.05) is 23.7 Å². The van der Waals surface area contributed by atoms with Crippen LogP contribution in [0.3, 0.4) is 0 Å². The minimum Gasteiger partial charge on any atom is -0.481 e. The van der Waals surface area contributed by atoms with Gasteiger partial charge < -0.3 is 10.8 Å². The maximum absolute atomic E-state index is 10.6. The summed E-state index contributed by atoms with van der Waals surface area (Å²) in [6, 6.07) is 7.35. The van der Waals surface area contributed by atoms with Crippen molar-refractivity contribution in [2.24, 2.45) is 0 Å². The van der Waals surface area contributed by atoms with Gasteiger partial charge in [0.25, 0.3) is 0 Å². The number of aromatic nitrogens is 2. The monoisotopic (exact) mass is 265 g/mol. The fraction of sp³-hybridized carbons (Fsp3) is 0.167. The highest BCUT2D eigenvalue weighted by Crippen LogP contribution is 2.16. The Morgan fingerprint density at radius 1 is 1.50 bits per heavy atom. The molecule has 0 aliphatic carbocycles. The van der Waals surface area contributed by atoms with Gasteiger partial charge >= 0.3 is 5.97 Å². The fourth-order valence-electron chi connectivity index (χ4n) is 1.67. The van der Waals surface area contributed by atoms with Gasteiger partial charge in [0, 0.05) is 10.6 Å². The molecule has 2 aromatic rings. The highest BCUT2D eigenvalue weighted by molar-refractivity contribution is 6.30. The normalized spacial score (nSPS) is 10.5. The number of nitrogen functional groups attached to an aromatic ring is 1. The van der Waals surface area contributed by atoms with Crippen molar-refractivity contribution in [3.8, 4) is 0 Å². The molecule has 1 aromatic carbocycles. The number of benzene rings is 1. The zero-order valence-electron chi connectivity index (χ0n) is 9.51. The predicted molar refractivity (Wildman–Crippen MR) is 68.5 cm³/mol. The first-order valence-electron chi connectivity index (χ1n) is 5.32. The first kappa shape index (κ1) is 12.4. The molecular formula is C12H12ClN3O2. The molecule has 0 atom stereocenters. The van der Waals surface area contributed by atoms with E-state index in [2.05, 4.69) is 5.10 Å². The average Bonchev–Trinajstić information content (AvgIpc) is 2.61. The number of carbonyl (C=O) groups is 1. The lowest BCUT2D eigenvalue weighted by Gasteiger charge is -2.05. The Balaban J connectivity index is 2.20. The van der Waals surface area contributed by atoms with Gasteiger partial charge in [-0.15, -0.1) is 0 Å². The number of halogens is 1. The second kappa shape index (κ2) is 5.10. The Labute approximate surface area is 109 Å². The molecule has 0 saturated heterocycles. The highest BCUT2D eigenvalue weighted by atomic mass is 35.5. The largest absolute Gasteiger partial charge is 0.481 e. The van der Waals surface area contributed by atoms with Crippen LogP contribution in [0.25, 0.3) is 0 Å². The molecular weight excluding hydrogens is 254 g/mol. The molecule has 18 heavy (non-hydrogen) atoms. The van der Waals surface area contributed by atoms with Gasteiger partial charge in [0.2, 0.25) is 0 Å². The number of aliphatic carboxylic acids is 1. The SMILES string of the molecule is Nc1c(CC(=O)O)cnn1Cc1cccc(Cl)c1. The number of hydrogen-bond donors (Lipinski definition) is 2. The minimum atomic E-state index is -0.927. The van der Waals surface area contributed by atoms with Crippen LogP contribution in [-0.2, 0) is 17.8 Å².